The highest BCUT2D eigenvalue weighted by atomic mass is 16.5. The fourth-order valence-electron chi connectivity index (χ4n) is 3.32. The van der Waals surface area contributed by atoms with E-state index in [1.54, 1.807) is 56.7 Å². The Hall–Kier alpha value is -4.26. The van der Waals surface area contributed by atoms with Crippen LogP contribution in [0.3, 0.4) is 0 Å². The number of benzene rings is 3. The predicted molar refractivity (Wildman–Crippen MR) is 130 cm³/mol. The third-order valence-electron chi connectivity index (χ3n) is 5.29. The normalized spacial score (nSPS) is 10.6. The maximum absolute atomic E-state index is 12.7. The molecule has 4 aromatic rings. The zero-order valence-electron chi connectivity index (χ0n) is 19.5. The molecular formula is C27H26N2O5. The average Bonchev–Trinajstić information content (AvgIpc) is 3.23. The molecule has 0 fully saturated rings. The number of rotatable bonds is 8. The van der Waals surface area contributed by atoms with Crippen molar-refractivity contribution in [1.82, 2.24) is 4.98 Å². The zero-order chi connectivity index (χ0) is 24.1. The van der Waals surface area contributed by atoms with Crippen LogP contribution in [0.25, 0.3) is 11.5 Å². The van der Waals surface area contributed by atoms with Crippen molar-refractivity contribution in [3.05, 3.63) is 89.3 Å². The van der Waals surface area contributed by atoms with Crippen LogP contribution in [-0.4, -0.2) is 25.1 Å². The lowest BCUT2D eigenvalue weighted by Gasteiger charge is -2.10. The molecule has 4 rings (SSSR count). The number of aryl methyl sites for hydroxylation is 2. The zero-order valence-corrected chi connectivity index (χ0v) is 19.5. The van der Waals surface area contributed by atoms with Crippen molar-refractivity contribution in [3.8, 4) is 28.7 Å². The highest BCUT2D eigenvalue weighted by Gasteiger charge is 2.14. The molecular weight excluding hydrogens is 432 g/mol. The molecule has 174 valence electrons. The summed E-state index contributed by atoms with van der Waals surface area (Å²) in [7, 11) is 3.12. The maximum atomic E-state index is 12.7. The standard InChI is InChI=1S/C27H26N2O5/c1-17-5-11-22(12-6-17)33-16-25-18(2)34-27(29-25)20-9-7-19(8-10-20)26(30)28-21-13-23(31-3)15-24(14-21)32-4/h5-15H,16H2,1-4H3,(H,28,30). The Bertz CT molecular complexity index is 1260. The van der Waals surface area contributed by atoms with Gasteiger partial charge in [-0.3, -0.25) is 4.79 Å². The Morgan fingerprint density at radius 3 is 2.15 bits per heavy atom. The molecule has 0 saturated carbocycles. The van der Waals surface area contributed by atoms with Gasteiger partial charge in [-0.25, -0.2) is 4.98 Å². The molecule has 7 heteroatoms. The Morgan fingerprint density at radius 2 is 1.53 bits per heavy atom. The Morgan fingerprint density at radius 1 is 0.882 bits per heavy atom. The number of hydrogen-bond donors (Lipinski definition) is 1. The summed E-state index contributed by atoms with van der Waals surface area (Å²) in [5.41, 5.74) is 3.74. The van der Waals surface area contributed by atoms with Crippen molar-refractivity contribution in [1.29, 1.82) is 0 Å². The molecule has 1 aromatic heterocycles. The summed E-state index contributed by atoms with van der Waals surface area (Å²) in [6.07, 6.45) is 0. The van der Waals surface area contributed by atoms with Gasteiger partial charge in [-0.2, -0.15) is 0 Å². The van der Waals surface area contributed by atoms with Crippen molar-refractivity contribution in [2.75, 3.05) is 19.5 Å². The number of nitrogens with one attached hydrogen (secondary N) is 1. The van der Waals surface area contributed by atoms with Crippen LogP contribution in [-0.2, 0) is 6.61 Å². The van der Waals surface area contributed by atoms with Crippen molar-refractivity contribution in [2.45, 2.75) is 20.5 Å². The molecule has 0 radical (unpaired) electrons. The van der Waals surface area contributed by atoms with Gasteiger partial charge in [0.2, 0.25) is 5.89 Å². The van der Waals surface area contributed by atoms with Gasteiger partial charge in [0, 0.05) is 35.0 Å². The first-order chi connectivity index (χ1) is 16.4. The van der Waals surface area contributed by atoms with Crippen molar-refractivity contribution >= 4 is 11.6 Å². The molecule has 0 unspecified atom stereocenters. The van der Waals surface area contributed by atoms with Crippen LogP contribution in [0.2, 0.25) is 0 Å². The van der Waals surface area contributed by atoms with Crippen molar-refractivity contribution in [3.63, 3.8) is 0 Å². The number of aromatic nitrogens is 1. The minimum Gasteiger partial charge on any atom is -0.497 e. The number of carbonyl (C=O) groups is 1. The Kier molecular flexibility index (Phi) is 6.82. The second-order valence-corrected chi connectivity index (χ2v) is 7.76. The monoisotopic (exact) mass is 458 g/mol. The van der Waals surface area contributed by atoms with Crippen LogP contribution in [0.15, 0.2) is 71.1 Å². The molecule has 0 atom stereocenters. The van der Waals surface area contributed by atoms with Gasteiger partial charge >= 0.3 is 0 Å². The lowest BCUT2D eigenvalue weighted by atomic mass is 10.1. The lowest BCUT2D eigenvalue weighted by Crippen LogP contribution is -2.11. The lowest BCUT2D eigenvalue weighted by molar-refractivity contribution is 0.102. The number of hydrogen-bond acceptors (Lipinski definition) is 6. The molecule has 3 aromatic carbocycles. The van der Waals surface area contributed by atoms with Crippen LogP contribution < -0.4 is 19.5 Å². The molecule has 0 aliphatic rings. The van der Waals surface area contributed by atoms with Gasteiger partial charge in [0.05, 0.1) is 14.2 Å². The van der Waals surface area contributed by atoms with E-state index in [1.807, 2.05) is 38.1 Å². The first-order valence-corrected chi connectivity index (χ1v) is 10.8. The number of anilines is 1. The number of nitrogens with zero attached hydrogens (tertiary/aromatic N) is 1. The summed E-state index contributed by atoms with van der Waals surface area (Å²) in [5, 5.41) is 2.86. The molecule has 34 heavy (non-hydrogen) atoms. The molecule has 0 saturated heterocycles. The highest BCUT2D eigenvalue weighted by molar-refractivity contribution is 6.04. The largest absolute Gasteiger partial charge is 0.497 e. The van der Waals surface area contributed by atoms with E-state index >= 15 is 0 Å². The maximum Gasteiger partial charge on any atom is 0.255 e. The number of ether oxygens (including phenoxy) is 3. The summed E-state index contributed by atoms with van der Waals surface area (Å²) in [5.74, 6) is 2.87. The molecule has 0 aliphatic carbocycles. The number of carbonyl (C=O) groups excluding carboxylic acids is 1. The van der Waals surface area contributed by atoms with Crippen molar-refractivity contribution in [2.24, 2.45) is 0 Å². The fraction of sp³-hybridized carbons (Fsp3) is 0.185. The van der Waals surface area contributed by atoms with E-state index in [1.165, 1.54) is 5.56 Å². The Balaban J connectivity index is 1.43. The van der Waals surface area contributed by atoms with Gasteiger partial charge in [0.1, 0.15) is 35.3 Å². The molecule has 0 aliphatic heterocycles. The molecule has 1 N–H and O–H groups in total. The summed E-state index contributed by atoms with van der Waals surface area (Å²) in [6, 6.07) is 20.1. The summed E-state index contributed by atoms with van der Waals surface area (Å²) < 4.78 is 22.2. The number of oxazole rings is 1. The fourth-order valence-corrected chi connectivity index (χ4v) is 3.32. The summed E-state index contributed by atoms with van der Waals surface area (Å²) in [4.78, 5) is 17.3. The molecule has 1 heterocycles. The first kappa shape index (κ1) is 22.9. The van der Waals surface area contributed by atoms with Gasteiger partial charge in [-0.15, -0.1) is 0 Å². The molecule has 1 amide bonds. The van der Waals surface area contributed by atoms with Crippen molar-refractivity contribution < 1.29 is 23.4 Å². The van der Waals surface area contributed by atoms with E-state index < -0.39 is 0 Å². The van der Waals surface area contributed by atoms with Gasteiger partial charge < -0.3 is 23.9 Å². The average molecular weight is 459 g/mol. The van der Waals surface area contributed by atoms with E-state index in [0.717, 1.165) is 17.0 Å². The first-order valence-electron chi connectivity index (χ1n) is 10.8. The van der Waals surface area contributed by atoms with Crippen LogP contribution in [0, 0.1) is 13.8 Å². The quantitative estimate of drug-likeness (QED) is 0.359. The van der Waals surface area contributed by atoms with E-state index in [9.17, 15) is 4.79 Å². The third-order valence-corrected chi connectivity index (χ3v) is 5.29. The van der Waals surface area contributed by atoms with Gasteiger partial charge in [0.25, 0.3) is 5.91 Å². The van der Waals surface area contributed by atoms with E-state index in [2.05, 4.69) is 10.3 Å². The predicted octanol–water partition coefficient (Wildman–Crippen LogP) is 5.81. The van der Waals surface area contributed by atoms with Gasteiger partial charge in [-0.1, -0.05) is 17.7 Å². The van der Waals surface area contributed by atoms with Crippen LogP contribution in [0.1, 0.15) is 27.4 Å². The topological polar surface area (TPSA) is 82.8 Å². The van der Waals surface area contributed by atoms with Crippen LogP contribution in [0.5, 0.6) is 17.2 Å². The molecule has 0 bridgehead atoms. The number of methoxy groups -OCH3 is 2. The SMILES string of the molecule is COc1cc(NC(=O)c2ccc(-c3nc(COc4ccc(C)cc4)c(C)o3)cc2)cc(OC)c1. The number of amides is 1. The second kappa shape index (κ2) is 10.1. The molecule has 0 spiro atoms. The third kappa shape index (κ3) is 5.38. The minimum atomic E-state index is -0.252. The van der Waals surface area contributed by atoms with E-state index in [-0.39, 0.29) is 5.91 Å². The highest BCUT2D eigenvalue weighted by Crippen LogP contribution is 2.27. The molecule has 7 nitrogen and oxygen atoms in total. The summed E-state index contributed by atoms with van der Waals surface area (Å²) >= 11 is 0. The Labute approximate surface area is 198 Å². The van der Waals surface area contributed by atoms with E-state index in [0.29, 0.717) is 41.0 Å². The van der Waals surface area contributed by atoms with E-state index in [4.69, 9.17) is 18.6 Å². The smallest absolute Gasteiger partial charge is 0.255 e. The summed E-state index contributed by atoms with van der Waals surface area (Å²) in [6.45, 7) is 4.19. The van der Waals surface area contributed by atoms with Gasteiger partial charge in [0.15, 0.2) is 0 Å². The second-order valence-electron chi connectivity index (χ2n) is 7.76. The minimum absolute atomic E-state index is 0.252. The van der Waals surface area contributed by atoms with Gasteiger partial charge in [-0.05, 0) is 50.2 Å². The van der Waals surface area contributed by atoms with Crippen LogP contribution in [0.4, 0.5) is 5.69 Å². The van der Waals surface area contributed by atoms with Crippen LogP contribution >= 0.6 is 0 Å².